The molecular weight excluding hydrogens is 271 g/mol. The predicted molar refractivity (Wildman–Crippen MR) is 54.4 cm³/mol. The molecule has 2 rings (SSSR count). The Morgan fingerprint density at radius 3 is 2.53 bits per heavy atom. The Morgan fingerprint density at radius 1 is 1.13 bits per heavy atom. The highest BCUT2D eigenvalue weighted by atomic mass is 79.9. The van der Waals surface area contributed by atoms with Crippen LogP contribution in [-0.2, 0) is 6.18 Å². The molecule has 2 aromatic rings. The van der Waals surface area contributed by atoms with Crippen LogP contribution < -0.4 is 0 Å². The van der Waals surface area contributed by atoms with Crippen molar-refractivity contribution in [1.29, 1.82) is 0 Å². The fourth-order valence-corrected chi connectivity index (χ4v) is 1.97. The van der Waals surface area contributed by atoms with Gasteiger partial charge in [-0.3, -0.25) is 4.98 Å². The first-order valence-corrected chi connectivity index (χ1v) is 4.90. The summed E-state index contributed by atoms with van der Waals surface area (Å²) >= 11 is 3.10. The number of aromatic nitrogens is 1. The summed E-state index contributed by atoms with van der Waals surface area (Å²) in [4.78, 5) is 3.38. The number of rotatable bonds is 0. The lowest BCUT2D eigenvalue weighted by Crippen LogP contribution is -2.08. The van der Waals surface area contributed by atoms with Gasteiger partial charge in [0, 0.05) is 16.1 Å². The quantitative estimate of drug-likeness (QED) is 0.708. The summed E-state index contributed by atoms with van der Waals surface area (Å²) in [5, 5.41) is 0.624. The van der Waals surface area contributed by atoms with Crippen molar-refractivity contribution in [2.24, 2.45) is 0 Å². The summed E-state index contributed by atoms with van der Waals surface area (Å²) in [6.07, 6.45) is -3.26. The molecule has 1 aromatic heterocycles. The minimum absolute atomic E-state index is 0.104. The van der Waals surface area contributed by atoms with Crippen LogP contribution in [0.2, 0.25) is 0 Å². The molecule has 0 bridgehead atoms. The van der Waals surface area contributed by atoms with Crippen LogP contribution in [0.5, 0.6) is 0 Å². The van der Waals surface area contributed by atoms with Crippen molar-refractivity contribution in [3.63, 3.8) is 0 Å². The number of hydrogen-bond acceptors (Lipinski definition) is 1. The molecule has 0 fully saturated rings. The lowest BCUT2D eigenvalue weighted by molar-refractivity contribution is -0.139. The molecule has 1 nitrogen and oxygen atoms in total. The van der Waals surface area contributed by atoms with Crippen molar-refractivity contribution in [2.45, 2.75) is 6.18 Å². The van der Waals surface area contributed by atoms with Crippen molar-refractivity contribution < 1.29 is 13.2 Å². The number of fused-ring (bicyclic) bond motifs is 1. The first-order valence-electron chi connectivity index (χ1n) is 4.10. The highest BCUT2D eigenvalue weighted by molar-refractivity contribution is 9.10. The second kappa shape index (κ2) is 3.48. The van der Waals surface area contributed by atoms with Crippen LogP contribution in [0.15, 0.2) is 34.9 Å². The Kier molecular flexibility index (Phi) is 2.42. The zero-order chi connectivity index (χ0) is 11.1. The van der Waals surface area contributed by atoms with Gasteiger partial charge >= 0.3 is 6.18 Å². The van der Waals surface area contributed by atoms with Gasteiger partial charge in [-0.05, 0) is 17.5 Å². The van der Waals surface area contributed by atoms with Crippen LogP contribution in [0.4, 0.5) is 13.2 Å². The SMILES string of the molecule is FC(F)(F)c1nccc2cccc(Br)c12. The zero-order valence-electron chi connectivity index (χ0n) is 7.35. The van der Waals surface area contributed by atoms with E-state index in [4.69, 9.17) is 0 Å². The molecule has 78 valence electrons. The van der Waals surface area contributed by atoms with Gasteiger partial charge < -0.3 is 0 Å². The van der Waals surface area contributed by atoms with E-state index in [2.05, 4.69) is 20.9 Å². The molecule has 0 radical (unpaired) electrons. The van der Waals surface area contributed by atoms with Crippen molar-refractivity contribution >= 4 is 26.7 Å². The van der Waals surface area contributed by atoms with E-state index in [-0.39, 0.29) is 5.39 Å². The molecule has 0 aliphatic heterocycles. The molecule has 1 aromatic carbocycles. The van der Waals surface area contributed by atoms with E-state index < -0.39 is 11.9 Å². The molecule has 1 heterocycles. The van der Waals surface area contributed by atoms with E-state index in [0.29, 0.717) is 9.86 Å². The Labute approximate surface area is 92.1 Å². The molecule has 0 unspecified atom stereocenters. The fourth-order valence-electron chi connectivity index (χ4n) is 1.40. The van der Waals surface area contributed by atoms with Gasteiger partial charge in [-0.15, -0.1) is 0 Å². The summed E-state index contributed by atoms with van der Waals surface area (Å²) in [5.41, 5.74) is -0.854. The Balaban J connectivity index is 2.86. The largest absolute Gasteiger partial charge is 0.433 e. The summed E-state index contributed by atoms with van der Waals surface area (Å²) in [5.74, 6) is 0. The molecule has 0 aliphatic rings. The van der Waals surface area contributed by atoms with Gasteiger partial charge in [-0.2, -0.15) is 13.2 Å². The summed E-state index contributed by atoms with van der Waals surface area (Å²) in [6.45, 7) is 0. The van der Waals surface area contributed by atoms with E-state index in [1.807, 2.05) is 0 Å². The topological polar surface area (TPSA) is 12.9 Å². The molecule has 15 heavy (non-hydrogen) atoms. The second-order valence-electron chi connectivity index (χ2n) is 3.00. The highest BCUT2D eigenvalue weighted by Crippen LogP contribution is 2.36. The normalized spacial score (nSPS) is 12.0. The predicted octanol–water partition coefficient (Wildman–Crippen LogP) is 4.02. The zero-order valence-corrected chi connectivity index (χ0v) is 8.93. The molecule has 0 atom stereocenters. The maximum absolute atomic E-state index is 12.6. The molecule has 0 amide bonds. The number of nitrogens with zero attached hydrogens (tertiary/aromatic N) is 1. The standard InChI is InChI=1S/C10H5BrF3N/c11-7-3-1-2-6-4-5-15-9(8(6)7)10(12,13)14/h1-5H. The molecule has 0 saturated carbocycles. The number of alkyl halides is 3. The number of benzene rings is 1. The third-order valence-electron chi connectivity index (χ3n) is 2.01. The van der Waals surface area contributed by atoms with Gasteiger partial charge in [-0.1, -0.05) is 28.1 Å². The number of pyridine rings is 1. The maximum Gasteiger partial charge on any atom is 0.433 e. The van der Waals surface area contributed by atoms with Crippen LogP contribution in [0.1, 0.15) is 5.69 Å². The number of halogens is 4. The van der Waals surface area contributed by atoms with E-state index in [1.54, 1.807) is 24.3 Å². The van der Waals surface area contributed by atoms with Crippen LogP contribution in [0.3, 0.4) is 0 Å². The molecular formula is C10H5BrF3N. The van der Waals surface area contributed by atoms with E-state index in [9.17, 15) is 13.2 Å². The summed E-state index contributed by atoms with van der Waals surface area (Å²) in [6, 6.07) is 6.43. The second-order valence-corrected chi connectivity index (χ2v) is 3.85. The average molecular weight is 276 g/mol. The monoisotopic (exact) mass is 275 g/mol. The average Bonchev–Trinajstić information content (AvgIpc) is 2.16. The van der Waals surface area contributed by atoms with Gasteiger partial charge in [0.2, 0.25) is 0 Å². The molecule has 0 N–H and O–H groups in total. The lowest BCUT2D eigenvalue weighted by atomic mass is 10.1. The first kappa shape index (κ1) is 10.4. The van der Waals surface area contributed by atoms with Crippen LogP contribution in [0, 0.1) is 0 Å². The Bertz CT molecular complexity index is 502. The minimum Gasteiger partial charge on any atom is -0.251 e. The smallest absolute Gasteiger partial charge is 0.251 e. The van der Waals surface area contributed by atoms with Crippen LogP contribution >= 0.6 is 15.9 Å². The van der Waals surface area contributed by atoms with Gasteiger partial charge in [0.15, 0.2) is 5.69 Å². The van der Waals surface area contributed by atoms with Crippen molar-refractivity contribution in [2.75, 3.05) is 0 Å². The number of hydrogen-bond donors (Lipinski definition) is 0. The summed E-state index contributed by atoms with van der Waals surface area (Å²) < 4.78 is 38.2. The van der Waals surface area contributed by atoms with Crippen LogP contribution in [-0.4, -0.2) is 4.98 Å². The van der Waals surface area contributed by atoms with Crippen LogP contribution in [0.25, 0.3) is 10.8 Å². The molecule has 0 spiro atoms. The third-order valence-corrected chi connectivity index (χ3v) is 2.67. The minimum atomic E-state index is -4.43. The Hall–Kier alpha value is -1.10. The highest BCUT2D eigenvalue weighted by Gasteiger charge is 2.34. The molecule has 5 heteroatoms. The Morgan fingerprint density at radius 2 is 1.87 bits per heavy atom. The van der Waals surface area contributed by atoms with Gasteiger partial charge in [0.05, 0.1) is 0 Å². The van der Waals surface area contributed by atoms with E-state index in [1.165, 1.54) is 0 Å². The van der Waals surface area contributed by atoms with E-state index in [0.717, 1.165) is 6.20 Å². The van der Waals surface area contributed by atoms with Crippen molar-refractivity contribution in [1.82, 2.24) is 4.98 Å². The van der Waals surface area contributed by atoms with Crippen molar-refractivity contribution in [3.8, 4) is 0 Å². The van der Waals surface area contributed by atoms with Gasteiger partial charge in [0.1, 0.15) is 0 Å². The first-order chi connectivity index (χ1) is 7.00. The van der Waals surface area contributed by atoms with Gasteiger partial charge in [0.25, 0.3) is 0 Å². The maximum atomic E-state index is 12.6. The molecule has 0 aliphatic carbocycles. The molecule has 0 saturated heterocycles. The van der Waals surface area contributed by atoms with Gasteiger partial charge in [-0.25, -0.2) is 0 Å². The summed E-state index contributed by atoms with van der Waals surface area (Å²) in [7, 11) is 0. The third kappa shape index (κ3) is 1.84. The fraction of sp³-hybridized carbons (Fsp3) is 0.100. The lowest BCUT2D eigenvalue weighted by Gasteiger charge is -2.09. The van der Waals surface area contributed by atoms with Crippen molar-refractivity contribution in [3.05, 3.63) is 40.6 Å². The van der Waals surface area contributed by atoms with E-state index >= 15 is 0 Å².